The van der Waals surface area contributed by atoms with Gasteiger partial charge in [0.2, 0.25) is 5.91 Å². The summed E-state index contributed by atoms with van der Waals surface area (Å²) < 4.78 is 0. The summed E-state index contributed by atoms with van der Waals surface area (Å²) in [6.45, 7) is 0. The number of hydrazine groups is 1. The zero-order valence-electron chi connectivity index (χ0n) is 10.7. The second kappa shape index (κ2) is 3.53. The molecule has 0 unspecified atom stereocenters. The SMILES string of the molecule is NNC(=O)C12C[C@H]3C[C@H](C1)CC(n1ncnn1)(C3)C2. The fraction of sp³-hybridized carbons (Fsp3) is 0.833. The van der Waals surface area contributed by atoms with E-state index in [2.05, 4.69) is 20.8 Å². The van der Waals surface area contributed by atoms with Gasteiger partial charge in [-0.15, -0.1) is 10.2 Å². The molecule has 0 aliphatic heterocycles. The third kappa shape index (κ3) is 1.42. The van der Waals surface area contributed by atoms with Crippen molar-refractivity contribution in [1.29, 1.82) is 0 Å². The second-order valence-electron chi connectivity index (χ2n) is 6.66. The summed E-state index contributed by atoms with van der Waals surface area (Å²) in [5.74, 6) is 6.57. The smallest absolute Gasteiger partial charge is 0.240 e. The minimum atomic E-state index is -0.313. The molecule has 19 heavy (non-hydrogen) atoms. The zero-order valence-corrected chi connectivity index (χ0v) is 10.7. The number of tetrazole rings is 1. The molecule has 1 aromatic heterocycles. The van der Waals surface area contributed by atoms with E-state index >= 15 is 0 Å². The van der Waals surface area contributed by atoms with Gasteiger partial charge in [0.15, 0.2) is 6.33 Å². The number of hydrogen-bond donors (Lipinski definition) is 2. The van der Waals surface area contributed by atoms with Crippen LogP contribution in [0.2, 0.25) is 0 Å². The van der Waals surface area contributed by atoms with E-state index in [1.54, 1.807) is 4.80 Å². The number of rotatable bonds is 2. The molecule has 0 saturated heterocycles. The van der Waals surface area contributed by atoms with E-state index in [1.807, 2.05) is 0 Å². The van der Waals surface area contributed by atoms with Gasteiger partial charge in [0.05, 0.1) is 11.0 Å². The van der Waals surface area contributed by atoms with Crippen molar-refractivity contribution in [3.8, 4) is 0 Å². The molecule has 0 aromatic carbocycles. The molecule has 4 fully saturated rings. The molecule has 3 N–H and O–H groups in total. The summed E-state index contributed by atoms with van der Waals surface area (Å²) in [7, 11) is 0. The lowest BCUT2D eigenvalue weighted by molar-refractivity contribution is -0.157. The van der Waals surface area contributed by atoms with Gasteiger partial charge in [0.25, 0.3) is 0 Å². The highest BCUT2D eigenvalue weighted by Crippen LogP contribution is 2.63. The van der Waals surface area contributed by atoms with E-state index in [-0.39, 0.29) is 16.9 Å². The van der Waals surface area contributed by atoms with E-state index < -0.39 is 0 Å². The van der Waals surface area contributed by atoms with Crippen molar-refractivity contribution in [3.63, 3.8) is 0 Å². The monoisotopic (exact) mass is 262 g/mol. The number of nitrogens with zero attached hydrogens (tertiary/aromatic N) is 4. The molecule has 5 rings (SSSR count). The molecule has 4 aliphatic carbocycles. The van der Waals surface area contributed by atoms with Crippen molar-refractivity contribution in [2.45, 2.75) is 44.1 Å². The third-order valence-electron chi connectivity index (χ3n) is 5.42. The normalized spacial score (nSPS) is 43.4. The summed E-state index contributed by atoms with van der Waals surface area (Å²) in [5, 5.41) is 12.2. The van der Waals surface area contributed by atoms with Crippen LogP contribution < -0.4 is 11.3 Å². The Morgan fingerprint density at radius 2 is 2.05 bits per heavy atom. The quantitative estimate of drug-likeness (QED) is 0.442. The Kier molecular flexibility index (Phi) is 2.11. The molecule has 0 spiro atoms. The van der Waals surface area contributed by atoms with E-state index in [1.165, 1.54) is 12.7 Å². The van der Waals surface area contributed by atoms with Crippen LogP contribution in [0.25, 0.3) is 0 Å². The Hall–Kier alpha value is -1.50. The summed E-state index contributed by atoms with van der Waals surface area (Å²) >= 11 is 0. The minimum Gasteiger partial charge on any atom is -0.294 e. The lowest BCUT2D eigenvalue weighted by Gasteiger charge is -2.60. The van der Waals surface area contributed by atoms with E-state index in [9.17, 15) is 4.79 Å². The van der Waals surface area contributed by atoms with Gasteiger partial charge < -0.3 is 0 Å². The van der Waals surface area contributed by atoms with Crippen molar-refractivity contribution in [2.24, 2.45) is 23.1 Å². The maximum absolute atomic E-state index is 12.3. The average molecular weight is 262 g/mol. The Morgan fingerprint density at radius 3 is 2.63 bits per heavy atom. The molecule has 4 aliphatic rings. The summed E-state index contributed by atoms with van der Waals surface area (Å²) in [6.07, 6.45) is 7.57. The standard InChI is InChI=1S/C12H18N6O/c13-16-10(19)11-2-8-1-9(3-11)5-12(4-8,6-11)18-15-7-14-17-18/h7-9H,1-6,13H2,(H,16,19)/t8-,9-,11?,12?/m1/s1. The first kappa shape index (κ1) is 11.3. The molecule has 4 bridgehead atoms. The van der Waals surface area contributed by atoms with Crippen LogP contribution in [-0.4, -0.2) is 26.1 Å². The highest BCUT2D eigenvalue weighted by Gasteiger charge is 2.62. The van der Waals surface area contributed by atoms with Gasteiger partial charge in [-0.3, -0.25) is 10.2 Å². The van der Waals surface area contributed by atoms with Gasteiger partial charge >= 0.3 is 0 Å². The van der Waals surface area contributed by atoms with Gasteiger partial charge in [-0.2, -0.15) is 4.80 Å². The number of aromatic nitrogens is 4. The maximum Gasteiger partial charge on any atom is 0.240 e. The fourth-order valence-electron chi connectivity index (χ4n) is 5.25. The van der Waals surface area contributed by atoms with Crippen molar-refractivity contribution >= 4 is 5.91 Å². The number of carbonyl (C=O) groups is 1. The van der Waals surface area contributed by atoms with Crippen LogP contribution in [0.4, 0.5) is 0 Å². The van der Waals surface area contributed by atoms with Crippen LogP contribution >= 0.6 is 0 Å². The van der Waals surface area contributed by atoms with Crippen LogP contribution in [0.5, 0.6) is 0 Å². The van der Waals surface area contributed by atoms with Gasteiger partial charge in [-0.1, -0.05) is 0 Å². The Balaban J connectivity index is 1.78. The molecule has 1 heterocycles. The largest absolute Gasteiger partial charge is 0.294 e. The highest BCUT2D eigenvalue weighted by molar-refractivity contribution is 5.82. The first-order valence-electron chi connectivity index (χ1n) is 6.90. The number of nitrogens with two attached hydrogens (primary N) is 1. The van der Waals surface area contributed by atoms with E-state index in [4.69, 9.17) is 5.84 Å². The van der Waals surface area contributed by atoms with Gasteiger partial charge in [-0.25, -0.2) is 5.84 Å². The zero-order chi connectivity index (χ0) is 13.1. The van der Waals surface area contributed by atoms with E-state index in [0.29, 0.717) is 11.8 Å². The second-order valence-corrected chi connectivity index (χ2v) is 6.66. The predicted octanol–water partition coefficient (Wildman–Crippen LogP) is -0.0415. The first-order chi connectivity index (χ1) is 9.16. The van der Waals surface area contributed by atoms with Crippen molar-refractivity contribution in [3.05, 3.63) is 6.33 Å². The lowest BCUT2D eigenvalue weighted by atomic mass is 9.46. The molecular formula is C12H18N6O. The molecular weight excluding hydrogens is 244 g/mol. The van der Waals surface area contributed by atoms with Crippen molar-refractivity contribution < 1.29 is 4.79 Å². The van der Waals surface area contributed by atoms with Gasteiger partial charge in [0, 0.05) is 0 Å². The van der Waals surface area contributed by atoms with Crippen LogP contribution in [0.3, 0.4) is 0 Å². The summed E-state index contributed by atoms with van der Waals surface area (Å²) in [5.41, 5.74) is 1.95. The Morgan fingerprint density at radius 1 is 1.32 bits per heavy atom. The van der Waals surface area contributed by atoms with Gasteiger partial charge in [0.1, 0.15) is 0 Å². The first-order valence-corrected chi connectivity index (χ1v) is 6.90. The van der Waals surface area contributed by atoms with Gasteiger partial charge in [-0.05, 0) is 55.6 Å². The van der Waals surface area contributed by atoms with Crippen LogP contribution in [0.15, 0.2) is 6.33 Å². The number of nitrogens with one attached hydrogen (secondary N) is 1. The van der Waals surface area contributed by atoms with Crippen molar-refractivity contribution in [1.82, 2.24) is 25.6 Å². The number of hydrogen-bond acceptors (Lipinski definition) is 5. The van der Waals surface area contributed by atoms with Crippen LogP contribution in [0, 0.1) is 17.3 Å². The molecule has 1 aromatic rings. The molecule has 102 valence electrons. The number of carbonyl (C=O) groups excluding carboxylic acids is 1. The fourth-order valence-corrected chi connectivity index (χ4v) is 5.25. The van der Waals surface area contributed by atoms with E-state index in [0.717, 1.165) is 32.1 Å². The Bertz CT molecular complexity index is 498. The summed E-state index contributed by atoms with van der Waals surface area (Å²) in [6, 6.07) is 0. The summed E-state index contributed by atoms with van der Waals surface area (Å²) in [4.78, 5) is 14.0. The van der Waals surface area contributed by atoms with Crippen LogP contribution in [0.1, 0.15) is 38.5 Å². The highest BCUT2D eigenvalue weighted by atomic mass is 16.2. The predicted molar refractivity (Wildman–Crippen MR) is 65.2 cm³/mol. The van der Waals surface area contributed by atoms with Crippen molar-refractivity contribution in [2.75, 3.05) is 0 Å². The molecule has 4 saturated carbocycles. The topological polar surface area (TPSA) is 98.7 Å². The van der Waals surface area contributed by atoms with Crippen LogP contribution in [-0.2, 0) is 10.3 Å². The molecule has 2 atom stereocenters. The number of amides is 1. The molecule has 1 amide bonds. The maximum atomic E-state index is 12.3. The molecule has 7 nitrogen and oxygen atoms in total. The molecule has 7 heteroatoms. The third-order valence-corrected chi connectivity index (χ3v) is 5.42. The average Bonchev–Trinajstić information content (AvgIpc) is 2.90. The minimum absolute atomic E-state index is 0.00825. The molecule has 0 radical (unpaired) electrons. The lowest BCUT2D eigenvalue weighted by Crippen LogP contribution is -2.62. The Labute approximate surface area is 110 Å².